The van der Waals surface area contributed by atoms with Gasteiger partial charge in [-0.15, -0.1) is 0 Å². The van der Waals surface area contributed by atoms with E-state index in [-0.39, 0.29) is 58.8 Å². The molecule has 130 valence electrons. The van der Waals surface area contributed by atoms with Crippen LogP contribution in [0.1, 0.15) is 13.8 Å². The molecule has 1 heterocycles. The summed E-state index contributed by atoms with van der Waals surface area (Å²) in [5.74, 6) is 0. The number of hydrogen-bond donors (Lipinski definition) is 1. The third-order valence-electron chi connectivity index (χ3n) is 0.707. The Labute approximate surface area is 156 Å². The predicted molar refractivity (Wildman–Crippen MR) is 61.9 cm³/mol. The zero-order valence-corrected chi connectivity index (χ0v) is 8.89. The molecule has 21 heavy (non-hydrogen) atoms. The molecule has 1 fully saturated rings. The summed E-state index contributed by atoms with van der Waals surface area (Å²) in [7, 11) is -18.0. The van der Waals surface area contributed by atoms with Crippen molar-refractivity contribution >= 4 is 73.1 Å². The molecule has 0 amide bonds. The van der Waals surface area contributed by atoms with E-state index in [4.69, 9.17) is 0 Å². The van der Waals surface area contributed by atoms with Gasteiger partial charge in [0.2, 0.25) is 0 Å². The van der Waals surface area contributed by atoms with Gasteiger partial charge in [0.15, 0.2) is 0 Å². The van der Waals surface area contributed by atoms with Crippen LogP contribution in [0.5, 0.6) is 0 Å². The summed E-state index contributed by atoms with van der Waals surface area (Å²) in [6, 6.07) is 0. The van der Waals surface area contributed by atoms with E-state index < -0.39 is 21.8 Å². The van der Waals surface area contributed by atoms with Crippen molar-refractivity contribution in [1.29, 1.82) is 0 Å². The van der Waals surface area contributed by atoms with Crippen LogP contribution in [0.25, 0.3) is 0 Å². The molecule has 0 saturated carbocycles. The van der Waals surface area contributed by atoms with Gasteiger partial charge in [-0.1, -0.05) is 7.43 Å². The molecule has 17 heteroatoms. The first-order chi connectivity index (χ1) is 8.00. The van der Waals surface area contributed by atoms with Crippen LogP contribution in [0.2, 0.25) is 0 Å². The van der Waals surface area contributed by atoms with Crippen molar-refractivity contribution in [2.45, 2.75) is 13.8 Å². The Morgan fingerprint density at radius 2 is 0.571 bits per heavy atom. The van der Waals surface area contributed by atoms with Crippen molar-refractivity contribution in [2.75, 3.05) is 13.1 Å². The van der Waals surface area contributed by atoms with E-state index in [2.05, 4.69) is 5.32 Å². The van der Waals surface area contributed by atoms with Gasteiger partial charge in [0.1, 0.15) is 0 Å². The van der Waals surface area contributed by atoms with Crippen LogP contribution in [0.3, 0.4) is 0 Å². The predicted octanol–water partition coefficient (Wildman–Crippen LogP) is 3.87. The molecule has 0 aromatic carbocycles. The molecule has 0 atom stereocenters. The van der Waals surface area contributed by atoms with Crippen molar-refractivity contribution in [3.05, 3.63) is 0 Å². The Bertz CT molecular complexity index is 150. The number of hydrogen-bond acceptors (Lipinski definition) is 1. The molecule has 1 saturated heterocycles. The minimum atomic E-state index is -6.00. The summed E-state index contributed by atoms with van der Waals surface area (Å²) in [5.41, 5.74) is 0. The molecular weight excluding hydrogens is 362 g/mol. The Hall–Kier alpha value is 0.951. The summed E-state index contributed by atoms with van der Waals surface area (Å²) in [6.07, 6.45) is 1.39. The Kier molecular flexibility index (Phi) is 25.3. The van der Waals surface area contributed by atoms with Gasteiger partial charge >= 0.3 is 73.1 Å². The number of nitrogens with one attached hydrogen (secondary N) is 1. The Morgan fingerprint density at radius 1 is 0.524 bits per heavy atom. The van der Waals surface area contributed by atoms with Crippen LogP contribution < -0.4 is 5.32 Å². The van der Waals surface area contributed by atoms with E-state index in [0.717, 1.165) is 0 Å². The Morgan fingerprint density at radius 3 is 0.571 bits per heavy atom. The fourth-order valence-corrected chi connectivity index (χ4v) is 0.177. The van der Waals surface area contributed by atoms with Crippen LogP contribution in [-0.4, -0.2) is 86.2 Å². The van der Waals surface area contributed by atoms with Gasteiger partial charge < -0.3 is 57.1 Å². The maximum atomic E-state index is 9.75. The van der Waals surface area contributed by atoms with E-state index in [1.165, 1.54) is 19.5 Å². The van der Waals surface area contributed by atoms with E-state index >= 15 is 0 Å². The van der Waals surface area contributed by atoms with Gasteiger partial charge in [0, 0.05) is 0 Å². The molecule has 1 N–H and O–H groups in total. The van der Waals surface area contributed by atoms with Crippen molar-refractivity contribution in [2.24, 2.45) is 0 Å². The fraction of sp³-hybridized carbons (Fsp3) is 1.00. The normalized spacial score (nSPS) is 13.1. The third-order valence-corrected chi connectivity index (χ3v) is 0.707. The molecule has 0 bridgehead atoms. The molecule has 0 aromatic heterocycles. The SMILES string of the molecule is C.C1CNC1.F[B-](F)(F)F.F[B-](F)(F)F.F[B-](F)(F)F.[KH]. The molecule has 1 rings (SSSR count). The zero-order valence-electron chi connectivity index (χ0n) is 8.89. The van der Waals surface area contributed by atoms with Gasteiger partial charge in [-0.3, -0.25) is 0 Å². The third kappa shape index (κ3) is 307. The van der Waals surface area contributed by atoms with Crippen LogP contribution in [0, 0.1) is 0 Å². The summed E-state index contributed by atoms with van der Waals surface area (Å²) >= 11 is 0. The second-order valence-corrected chi connectivity index (χ2v) is 2.59. The Balaban J connectivity index is -0.0000000525. The number of rotatable bonds is 0. The molecule has 0 aromatic rings. The summed E-state index contributed by atoms with van der Waals surface area (Å²) in [4.78, 5) is 0. The molecular formula is C4H12B3F12KN-3. The first kappa shape index (κ1) is 33.5. The van der Waals surface area contributed by atoms with Crippen molar-refractivity contribution in [3.63, 3.8) is 0 Å². The van der Waals surface area contributed by atoms with E-state index in [0.29, 0.717) is 0 Å². The van der Waals surface area contributed by atoms with Crippen LogP contribution in [0.4, 0.5) is 51.8 Å². The van der Waals surface area contributed by atoms with Crippen molar-refractivity contribution in [3.8, 4) is 0 Å². The quantitative estimate of drug-likeness (QED) is 0.502. The van der Waals surface area contributed by atoms with E-state index in [1.54, 1.807) is 0 Å². The number of halogens is 12. The van der Waals surface area contributed by atoms with Crippen molar-refractivity contribution in [1.82, 2.24) is 5.32 Å². The standard InChI is InChI=1S/C3H7N.CH4.3BF4.K.H/c1-2-4-3-1;;3*2-1(3,4)5;;/h4H,1-3H2;1H4;;;;;/q;;3*-1;;. The topological polar surface area (TPSA) is 12.0 Å². The average molecular weight is 374 g/mol. The maximum absolute atomic E-state index is 9.75. The van der Waals surface area contributed by atoms with Crippen LogP contribution in [-0.2, 0) is 0 Å². The molecule has 0 spiro atoms. The van der Waals surface area contributed by atoms with Gasteiger partial charge in [0.05, 0.1) is 0 Å². The van der Waals surface area contributed by atoms with E-state index in [1.807, 2.05) is 0 Å². The molecule has 1 nitrogen and oxygen atoms in total. The van der Waals surface area contributed by atoms with E-state index in [9.17, 15) is 51.8 Å². The average Bonchev–Trinajstić information content (AvgIpc) is 1.62. The summed E-state index contributed by atoms with van der Waals surface area (Å²) < 4.78 is 117. The van der Waals surface area contributed by atoms with Gasteiger partial charge in [-0.25, -0.2) is 0 Å². The van der Waals surface area contributed by atoms with Crippen LogP contribution in [0.15, 0.2) is 0 Å². The monoisotopic (exact) mass is 374 g/mol. The second kappa shape index (κ2) is 15.8. The van der Waals surface area contributed by atoms with Gasteiger partial charge in [-0.2, -0.15) is 0 Å². The second-order valence-electron chi connectivity index (χ2n) is 2.59. The summed E-state index contributed by atoms with van der Waals surface area (Å²) in [5, 5.41) is 3.11. The first-order valence-corrected chi connectivity index (χ1v) is 4.33. The van der Waals surface area contributed by atoms with Crippen molar-refractivity contribution < 1.29 is 51.8 Å². The summed E-state index contributed by atoms with van der Waals surface area (Å²) in [6.45, 7) is 2.50. The molecule has 1 aliphatic rings. The molecule has 0 unspecified atom stereocenters. The molecule has 0 radical (unpaired) electrons. The first-order valence-electron chi connectivity index (χ1n) is 4.33. The zero-order chi connectivity index (χ0) is 16.3. The van der Waals surface area contributed by atoms with Gasteiger partial charge in [0.25, 0.3) is 0 Å². The minimum absolute atomic E-state index is 0. The fourth-order valence-electron chi connectivity index (χ4n) is 0.177. The van der Waals surface area contributed by atoms with Gasteiger partial charge in [-0.05, 0) is 19.5 Å². The molecule has 0 aliphatic carbocycles. The molecule has 1 aliphatic heterocycles. The van der Waals surface area contributed by atoms with Crippen LogP contribution >= 0.6 is 0 Å².